The van der Waals surface area contributed by atoms with Gasteiger partial charge in [-0.15, -0.1) is 11.8 Å². The van der Waals surface area contributed by atoms with Crippen LogP contribution < -0.4 is 5.32 Å². The van der Waals surface area contributed by atoms with E-state index in [4.69, 9.17) is 0 Å². The molecule has 2 nitrogen and oxygen atoms in total. The van der Waals surface area contributed by atoms with Crippen LogP contribution in [0, 0.1) is 0 Å². The van der Waals surface area contributed by atoms with E-state index < -0.39 is 0 Å². The molecule has 1 amide bonds. The van der Waals surface area contributed by atoms with Crippen LogP contribution in [0.25, 0.3) is 0 Å². The molecule has 0 aromatic heterocycles. The predicted octanol–water partition coefficient (Wildman–Crippen LogP) is 1.06. The smallest absolute Gasteiger partial charge is 0.230 e. The Hall–Kier alpha value is -0.700. The van der Waals surface area contributed by atoms with Crippen molar-refractivity contribution in [2.75, 3.05) is 5.75 Å². The number of rotatable bonds is 0. The molecule has 3 heteroatoms. The minimum absolute atomic E-state index is 0.160. The highest BCUT2D eigenvalue weighted by atomic mass is 32.2. The normalized spacial score (nSPS) is 28.9. The summed E-state index contributed by atoms with van der Waals surface area (Å²) < 4.78 is 0. The average Bonchev–Trinajstić information content (AvgIpc) is 2.04. The van der Waals surface area contributed by atoms with Crippen LogP contribution in [0.3, 0.4) is 0 Å². The van der Waals surface area contributed by atoms with E-state index in [1.54, 1.807) is 11.8 Å². The molecule has 0 spiro atoms. The standard InChI is InChI=1S/C8H9NOS/c10-8-5-11-7-4-2-1-3-6(7)9-8/h1-2,4,6H,3,5H2,(H,9,10). The quantitative estimate of drug-likeness (QED) is 0.584. The molecule has 0 saturated carbocycles. The zero-order valence-electron chi connectivity index (χ0n) is 6.04. The van der Waals surface area contributed by atoms with Crippen molar-refractivity contribution in [1.82, 2.24) is 5.32 Å². The Morgan fingerprint density at radius 3 is 3.45 bits per heavy atom. The fraction of sp³-hybridized carbons (Fsp3) is 0.375. The van der Waals surface area contributed by atoms with Crippen molar-refractivity contribution >= 4 is 17.7 Å². The van der Waals surface area contributed by atoms with Crippen LogP contribution in [0.4, 0.5) is 0 Å². The van der Waals surface area contributed by atoms with Crippen molar-refractivity contribution in [2.24, 2.45) is 0 Å². The molecular formula is C8H9NOS. The molecule has 1 fully saturated rings. The lowest BCUT2D eigenvalue weighted by atomic mass is 10.1. The first-order valence-electron chi connectivity index (χ1n) is 3.65. The van der Waals surface area contributed by atoms with Gasteiger partial charge in [-0.2, -0.15) is 0 Å². The summed E-state index contributed by atoms with van der Waals surface area (Å²) in [4.78, 5) is 12.2. The van der Waals surface area contributed by atoms with E-state index in [-0.39, 0.29) is 11.9 Å². The number of thioether (sulfide) groups is 1. The molecular weight excluding hydrogens is 158 g/mol. The van der Waals surface area contributed by atoms with Crippen LogP contribution in [-0.4, -0.2) is 17.7 Å². The van der Waals surface area contributed by atoms with Crippen molar-refractivity contribution in [3.8, 4) is 0 Å². The van der Waals surface area contributed by atoms with Gasteiger partial charge in [0.05, 0.1) is 11.8 Å². The molecule has 1 aliphatic carbocycles. The summed E-state index contributed by atoms with van der Waals surface area (Å²) in [5.74, 6) is 0.739. The van der Waals surface area contributed by atoms with Crippen molar-refractivity contribution in [3.63, 3.8) is 0 Å². The third-order valence-electron chi connectivity index (χ3n) is 1.82. The van der Waals surface area contributed by atoms with Crippen LogP contribution in [0.5, 0.6) is 0 Å². The Kier molecular flexibility index (Phi) is 1.74. The van der Waals surface area contributed by atoms with Crippen LogP contribution in [0.15, 0.2) is 23.1 Å². The van der Waals surface area contributed by atoms with Crippen molar-refractivity contribution in [3.05, 3.63) is 23.1 Å². The number of hydrogen-bond donors (Lipinski definition) is 1. The maximum Gasteiger partial charge on any atom is 0.230 e. The third kappa shape index (κ3) is 1.33. The molecule has 1 N–H and O–H groups in total. The van der Waals surface area contributed by atoms with Crippen LogP contribution in [0.2, 0.25) is 0 Å². The molecule has 0 aromatic carbocycles. The van der Waals surface area contributed by atoms with Gasteiger partial charge in [-0.1, -0.05) is 18.2 Å². The maximum absolute atomic E-state index is 10.9. The molecule has 0 bridgehead atoms. The summed E-state index contributed by atoms with van der Waals surface area (Å²) in [6, 6.07) is 0.270. The molecule has 1 atom stereocenters. The van der Waals surface area contributed by atoms with E-state index >= 15 is 0 Å². The van der Waals surface area contributed by atoms with Gasteiger partial charge >= 0.3 is 0 Å². The van der Waals surface area contributed by atoms with Crippen molar-refractivity contribution < 1.29 is 4.79 Å². The first-order valence-corrected chi connectivity index (χ1v) is 4.64. The number of fused-ring (bicyclic) bond motifs is 1. The molecule has 0 radical (unpaired) electrons. The largest absolute Gasteiger partial charge is 0.348 e. The van der Waals surface area contributed by atoms with E-state index in [9.17, 15) is 4.79 Å². The zero-order valence-corrected chi connectivity index (χ0v) is 6.86. The second-order valence-electron chi connectivity index (χ2n) is 2.64. The molecule has 0 aromatic rings. The lowest BCUT2D eigenvalue weighted by molar-refractivity contribution is -0.119. The second kappa shape index (κ2) is 2.74. The van der Waals surface area contributed by atoms with Crippen LogP contribution >= 0.6 is 11.8 Å². The van der Waals surface area contributed by atoms with E-state index in [1.165, 1.54) is 4.91 Å². The number of carbonyl (C=O) groups is 1. The van der Waals surface area contributed by atoms with Gasteiger partial charge in [0.1, 0.15) is 0 Å². The summed E-state index contributed by atoms with van der Waals surface area (Å²) >= 11 is 1.65. The highest BCUT2D eigenvalue weighted by Gasteiger charge is 2.23. The molecule has 2 rings (SSSR count). The number of allylic oxidation sites excluding steroid dienone is 2. The highest BCUT2D eigenvalue weighted by molar-refractivity contribution is 8.03. The van der Waals surface area contributed by atoms with Gasteiger partial charge in [0.25, 0.3) is 0 Å². The molecule has 1 saturated heterocycles. The Balaban J connectivity index is 2.16. The SMILES string of the molecule is O=C1CSC2=CC=CCC2N1. The second-order valence-corrected chi connectivity index (χ2v) is 3.69. The number of hydrogen-bond acceptors (Lipinski definition) is 2. The lowest BCUT2D eigenvalue weighted by Crippen LogP contribution is -2.40. The van der Waals surface area contributed by atoms with E-state index in [0.29, 0.717) is 5.75 Å². The summed E-state index contributed by atoms with van der Waals surface area (Å²) in [5, 5.41) is 2.94. The summed E-state index contributed by atoms with van der Waals surface area (Å²) in [7, 11) is 0. The zero-order chi connectivity index (χ0) is 7.68. The number of nitrogens with one attached hydrogen (secondary N) is 1. The summed E-state index contributed by atoms with van der Waals surface area (Å²) in [6.45, 7) is 0. The monoisotopic (exact) mass is 167 g/mol. The fourth-order valence-corrected chi connectivity index (χ4v) is 2.19. The van der Waals surface area contributed by atoms with E-state index in [2.05, 4.69) is 23.5 Å². The van der Waals surface area contributed by atoms with Crippen LogP contribution in [0.1, 0.15) is 6.42 Å². The van der Waals surface area contributed by atoms with Gasteiger partial charge in [0, 0.05) is 4.91 Å². The maximum atomic E-state index is 10.9. The molecule has 1 heterocycles. The van der Waals surface area contributed by atoms with Gasteiger partial charge in [-0.25, -0.2) is 0 Å². The molecule has 2 aliphatic rings. The number of carbonyl (C=O) groups excluding carboxylic acids is 1. The number of amides is 1. The topological polar surface area (TPSA) is 29.1 Å². The van der Waals surface area contributed by atoms with E-state index in [1.807, 2.05) is 0 Å². The fourth-order valence-electron chi connectivity index (χ4n) is 1.27. The van der Waals surface area contributed by atoms with Gasteiger partial charge in [-0.3, -0.25) is 4.79 Å². The Labute approximate surface area is 69.7 Å². The van der Waals surface area contributed by atoms with E-state index in [0.717, 1.165) is 6.42 Å². The molecule has 58 valence electrons. The summed E-state index contributed by atoms with van der Waals surface area (Å²) in [6.07, 6.45) is 7.17. The Bertz CT molecular complexity index is 244. The first kappa shape index (κ1) is 6.98. The first-order chi connectivity index (χ1) is 5.36. The van der Waals surface area contributed by atoms with Gasteiger partial charge in [0.2, 0.25) is 5.91 Å². The molecule has 1 unspecified atom stereocenters. The lowest BCUT2D eigenvalue weighted by Gasteiger charge is -2.26. The van der Waals surface area contributed by atoms with Crippen molar-refractivity contribution in [1.29, 1.82) is 0 Å². The molecule has 1 aliphatic heterocycles. The minimum Gasteiger partial charge on any atom is -0.348 e. The Morgan fingerprint density at radius 2 is 2.55 bits per heavy atom. The average molecular weight is 167 g/mol. The third-order valence-corrected chi connectivity index (χ3v) is 2.98. The molecule has 11 heavy (non-hydrogen) atoms. The Morgan fingerprint density at radius 1 is 1.64 bits per heavy atom. The van der Waals surface area contributed by atoms with Gasteiger partial charge in [0.15, 0.2) is 0 Å². The predicted molar refractivity (Wildman–Crippen MR) is 46.2 cm³/mol. The van der Waals surface area contributed by atoms with Gasteiger partial charge in [-0.05, 0) is 6.42 Å². The minimum atomic E-state index is 0.160. The van der Waals surface area contributed by atoms with Crippen molar-refractivity contribution in [2.45, 2.75) is 12.5 Å². The van der Waals surface area contributed by atoms with Crippen LogP contribution in [-0.2, 0) is 4.79 Å². The van der Waals surface area contributed by atoms with Gasteiger partial charge < -0.3 is 5.32 Å². The highest BCUT2D eigenvalue weighted by Crippen LogP contribution is 2.27. The summed E-state index contributed by atoms with van der Waals surface area (Å²) in [5.41, 5.74) is 0.